The number of piperazine rings is 1. The summed E-state index contributed by atoms with van der Waals surface area (Å²) in [5.41, 5.74) is 3.29. The smallest absolute Gasteiger partial charge is 0.181 e. The third kappa shape index (κ3) is 3.74. The molecule has 2 aliphatic rings. The molecule has 1 saturated carbocycles. The van der Waals surface area contributed by atoms with E-state index in [1.807, 2.05) is 0 Å². The standard InChI is InChI=1S/C22H26ClN5/c23-21-19(9-11-28-20(16-18-6-7-18)24-25-22(21)28)27-14-12-26(13-15-27)10-8-17-4-2-1-3-5-17/h1-5,9,11,18H,6-8,10,12-16H2. The zero-order chi connectivity index (χ0) is 18.9. The zero-order valence-corrected chi connectivity index (χ0v) is 16.9. The van der Waals surface area contributed by atoms with Crippen molar-refractivity contribution in [2.24, 2.45) is 5.92 Å². The molecule has 5 rings (SSSR count). The van der Waals surface area contributed by atoms with E-state index in [1.54, 1.807) is 0 Å². The molecule has 2 fully saturated rings. The number of hydrogen-bond acceptors (Lipinski definition) is 4. The topological polar surface area (TPSA) is 36.7 Å². The summed E-state index contributed by atoms with van der Waals surface area (Å²) in [5, 5.41) is 9.50. The summed E-state index contributed by atoms with van der Waals surface area (Å²) < 4.78 is 2.07. The average Bonchev–Trinajstić information content (AvgIpc) is 3.46. The second-order valence-electron chi connectivity index (χ2n) is 8.04. The minimum atomic E-state index is 0.731. The number of rotatable bonds is 6. The Balaban J connectivity index is 1.23. The molecule has 1 aliphatic heterocycles. The maximum Gasteiger partial charge on any atom is 0.181 e. The van der Waals surface area contributed by atoms with Gasteiger partial charge in [-0.25, -0.2) is 0 Å². The van der Waals surface area contributed by atoms with E-state index < -0.39 is 0 Å². The largest absolute Gasteiger partial charge is 0.368 e. The minimum absolute atomic E-state index is 0.731. The Morgan fingerprint density at radius 1 is 0.964 bits per heavy atom. The van der Waals surface area contributed by atoms with E-state index in [9.17, 15) is 0 Å². The Labute approximate surface area is 170 Å². The quantitative estimate of drug-likeness (QED) is 0.637. The maximum absolute atomic E-state index is 6.74. The lowest BCUT2D eigenvalue weighted by molar-refractivity contribution is 0.261. The highest BCUT2D eigenvalue weighted by Crippen LogP contribution is 2.34. The number of benzene rings is 1. The van der Waals surface area contributed by atoms with Crippen LogP contribution in [0.1, 0.15) is 24.2 Å². The number of aromatic nitrogens is 3. The van der Waals surface area contributed by atoms with Crippen LogP contribution in [0.15, 0.2) is 42.6 Å². The van der Waals surface area contributed by atoms with Crippen molar-refractivity contribution < 1.29 is 0 Å². The predicted molar refractivity (Wildman–Crippen MR) is 113 cm³/mol. The van der Waals surface area contributed by atoms with Crippen molar-refractivity contribution in [1.82, 2.24) is 19.5 Å². The summed E-state index contributed by atoms with van der Waals surface area (Å²) in [4.78, 5) is 4.93. The van der Waals surface area contributed by atoms with Crippen LogP contribution in [0.4, 0.5) is 5.69 Å². The van der Waals surface area contributed by atoms with Crippen molar-refractivity contribution in [2.45, 2.75) is 25.7 Å². The normalized spacial score (nSPS) is 18.1. The molecular weight excluding hydrogens is 370 g/mol. The average molecular weight is 396 g/mol. The van der Waals surface area contributed by atoms with E-state index in [4.69, 9.17) is 11.6 Å². The van der Waals surface area contributed by atoms with Gasteiger partial charge in [-0.15, -0.1) is 10.2 Å². The highest BCUT2D eigenvalue weighted by atomic mass is 35.5. The molecule has 1 aliphatic carbocycles. The monoisotopic (exact) mass is 395 g/mol. The van der Waals surface area contributed by atoms with E-state index in [1.165, 1.54) is 18.4 Å². The van der Waals surface area contributed by atoms with Crippen molar-refractivity contribution in [3.63, 3.8) is 0 Å². The first-order valence-electron chi connectivity index (χ1n) is 10.3. The third-order valence-corrected chi connectivity index (χ3v) is 6.37. The molecule has 0 unspecified atom stereocenters. The second kappa shape index (κ2) is 7.72. The van der Waals surface area contributed by atoms with Gasteiger partial charge in [0.25, 0.3) is 0 Å². The van der Waals surface area contributed by atoms with Crippen LogP contribution in [0.25, 0.3) is 5.65 Å². The van der Waals surface area contributed by atoms with Crippen LogP contribution < -0.4 is 4.90 Å². The summed E-state index contributed by atoms with van der Waals surface area (Å²) in [5.74, 6) is 1.83. The Hall–Kier alpha value is -2.11. The Kier molecular flexibility index (Phi) is 4.95. The summed E-state index contributed by atoms with van der Waals surface area (Å²) in [6, 6.07) is 12.9. The van der Waals surface area contributed by atoms with Gasteiger partial charge in [-0.3, -0.25) is 9.30 Å². The number of hydrogen-bond donors (Lipinski definition) is 0. The molecule has 2 aromatic heterocycles. The van der Waals surface area contributed by atoms with Gasteiger partial charge in [0.2, 0.25) is 0 Å². The molecule has 1 aromatic carbocycles. The molecule has 1 saturated heterocycles. The molecule has 5 nitrogen and oxygen atoms in total. The van der Waals surface area contributed by atoms with Gasteiger partial charge in [0.05, 0.1) is 5.69 Å². The third-order valence-electron chi connectivity index (χ3n) is 6.01. The summed E-state index contributed by atoms with van der Waals surface area (Å²) in [7, 11) is 0. The predicted octanol–water partition coefficient (Wildman–Crippen LogP) is 3.70. The fraction of sp³-hybridized carbons (Fsp3) is 0.455. The number of anilines is 1. The first kappa shape index (κ1) is 18.0. The summed E-state index contributed by atoms with van der Waals surface area (Å²) >= 11 is 6.74. The van der Waals surface area contributed by atoms with Crippen LogP contribution in [-0.4, -0.2) is 52.2 Å². The highest BCUT2D eigenvalue weighted by Gasteiger charge is 2.25. The molecule has 0 bridgehead atoms. The van der Waals surface area contributed by atoms with E-state index >= 15 is 0 Å². The second-order valence-corrected chi connectivity index (χ2v) is 8.41. The molecule has 3 aromatic rings. The summed E-state index contributed by atoms with van der Waals surface area (Å²) in [6.07, 6.45) is 6.84. The molecule has 0 atom stereocenters. The van der Waals surface area contributed by atoms with Gasteiger partial charge in [0.15, 0.2) is 5.65 Å². The van der Waals surface area contributed by atoms with Crippen LogP contribution in [0.5, 0.6) is 0 Å². The lowest BCUT2D eigenvalue weighted by atomic mass is 10.1. The molecule has 0 N–H and O–H groups in total. The van der Waals surface area contributed by atoms with Gasteiger partial charge in [-0.1, -0.05) is 41.9 Å². The Bertz CT molecular complexity index is 942. The maximum atomic E-state index is 6.74. The number of fused-ring (bicyclic) bond motifs is 1. The van der Waals surface area contributed by atoms with Crippen LogP contribution >= 0.6 is 11.6 Å². The van der Waals surface area contributed by atoms with E-state index in [-0.39, 0.29) is 0 Å². The van der Waals surface area contributed by atoms with Gasteiger partial charge in [0, 0.05) is 45.3 Å². The Morgan fingerprint density at radius 3 is 2.50 bits per heavy atom. The zero-order valence-electron chi connectivity index (χ0n) is 16.1. The molecule has 146 valence electrons. The number of pyridine rings is 1. The van der Waals surface area contributed by atoms with E-state index in [0.717, 1.165) is 73.7 Å². The van der Waals surface area contributed by atoms with Crippen molar-refractivity contribution in [2.75, 3.05) is 37.6 Å². The van der Waals surface area contributed by atoms with Crippen molar-refractivity contribution >= 4 is 22.9 Å². The van der Waals surface area contributed by atoms with E-state index in [2.05, 4.69) is 67.0 Å². The summed E-state index contributed by atoms with van der Waals surface area (Å²) in [6.45, 7) is 5.22. The highest BCUT2D eigenvalue weighted by molar-refractivity contribution is 6.36. The fourth-order valence-electron chi connectivity index (χ4n) is 4.07. The van der Waals surface area contributed by atoms with E-state index in [0.29, 0.717) is 0 Å². The van der Waals surface area contributed by atoms with Gasteiger partial charge < -0.3 is 4.90 Å². The van der Waals surface area contributed by atoms with Crippen LogP contribution in [0.3, 0.4) is 0 Å². The molecule has 0 spiro atoms. The molecule has 28 heavy (non-hydrogen) atoms. The Morgan fingerprint density at radius 2 is 1.75 bits per heavy atom. The molecule has 0 radical (unpaired) electrons. The van der Waals surface area contributed by atoms with Crippen molar-refractivity contribution in [1.29, 1.82) is 0 Å². The van der Waals surface area contributed by atoms with Gasteiger partial charge >= 0.3 is 0 Å². The number of nitrogens with zero attached hydrogens (tertiary/aromatic N) is 5. The molecular formula is C22H26ClN5. The first-order chi connectivity index (χ1) is 13.8. The van der Waals surface area contributed by atoms with Crippen LogP contribution in [-0.2, 0) is 12.8 Å². The molecule has 6 heteroatoms. The lowest BCUT2D eigenvalue weighted by Gasteiger charge is -2.36. The fourth-order valence-corrected chi connectivity index (χ4v) is 4.38. The molecule has 3 heterocycles. The van der Waals surface area contributed by atoms with Gasteiger partial charge in [0.1, 0.15) is 10.8 Å². The SMILES string of the molecule is Clc1c(N2CCN(CCc3ccccc3)CC2)ccn2c(CC3CC3)nnc12. The van der Waals surface area contributed by atoms with Crippen molar-refractivity contribution in [3.8, 4) is 0 Å². The molecule has 0 amide bonds. The van der Waals surface area contributed by atoms with Crippen LogP contribution in [0, 0.1) is 5.92 Å². The van der Waals surface area contributed by atoms with Crippen LogP contribution in [0.2, 0.25) is 5.02 Å². The van der Waals surface area contributed by atoms with Gasteiger partial charge in [-0.05, 0) is 36.8 Å². The minimum Gasteiger partial charge on any atom is -0.368 e. The van der Waals surface area contributed by atoms with Crippen molar-refractivity contribution in [3.05, 3.63) is 59.0 Å². The first-order valence-corrected chi connectivity index (χ1v) is 10.7. The number of halogens is 1. The lowest BCUT2D eigenvalue weighted by Crippen LogP contribution is -2.47. The van der Waals surface area contributed by atoms with Gasteiger partial charge in [-0.2, -0.15) is 0 Å².